The first-order valence-electron chi connectivity index (χ1n) is 8.93. The number of hydrogen-bond acceptors (Lipinski definition) is 5. The number of nitrogens with one attached hydrogen (secondary N) is 1. The lowest BCUT2D eigenvalue weighted by atomic mass is 9.84. The van der Waals surface area contributed by atoms with Crippen LogP contribution in [0.25, 0.3) is 10.8 Å². The summed E-state index contributed by atoms with van der Waals surface area (Å²) in [4.78, 5) is 23.5. The Kier molecular flexibility index (Phi) is 4.60. The van der Waals surface area contributed by atoms with Gasteiger partial charge in [-0.05, 0) is 25.2 Å². The lowest BCUT2D eigenvalue weighted by Crippen LogP contribution is -2.37. The van der Waals surface area contributed by atoms with Crippen LogP contribution in [0, 0.1) is 5.92 Å². The third kappa shape index (κ3) is 3.22. The van der Waals surface area contributed by atoms with Gasteiger partial charge >= 0.3 is 0 Å². The zero-order valence-electron chi connectivity index (χ0n) is 13.8. The number of carbonyl (C=O) groups excluding carboxylic acids is 1. The average molecular weight is 345 g/mol. The van der Waals surface area contributed by atoms with Gasteiger partial charge in [0.05, 0.1) is 0 Å². The number of aromatic amines is 1. The van der Waals surface area contributed by atoms with Crippen molar-refractivity contribution >= 4 is 17.2 Å². The normalized spacial score (nSPS) is 22.2. The minimum Gasteiger partial charge on any atom is -0.334 e. The maximum Gasteiger partial charge on any atom is 0.273 e. The summed E-state index contributed by atoms with van der Waals surface area (Å²) in [7, 11) is 0. The average Bonchev–Trinajstić information content (AvgIpc) is 3.36. The van der Waals surface area contributed by atoms with Crippen LogP contribution in [0.4, 0.5) is 0 Å². The SMILES string of the molecule is O=C(c1csc(-c2ncn[nH]2)n1)N1CCC[C@H]1CC1CCCCC1. The molecule has 0 unspecified atom stereocenters. The van der Waals surface area contributed by atoms with E-state index in [1.165, 1.54) is 56.2 Å². The number of amides is 1. The number of nitrogens with zero attached hydrogens (tertiary/aromatic N) is 4. The van der Waals surface area contributed by atoms with Crippen molar-refractivity contribution in [3.63, 3.8) is 0 Å². The van der Waals surface area contributed by atoms with Gasteiger partial charge in [-0.25, -0.2) is 9.97 Å². The molecule has 1 aliphatic heterocycles. The van der Waals surface area contributed by atoms with Gasteiger partial charge in [0.25, 0.3) is 5.91 Å². The summed E-state index contributed by atoms with van der Waals surface area (Å²) in [5, 5.41) is 9.21. The van der Waals surface area contributed by atoms with Crippen molar-refractivity contribution in [1.29, 1.82) is 0 Å². The third-order valence-electron chi connectivity index (χ3n) is 5.31. The largest absolute Gasteiger partial charge is 0.334 e. The highest BCUT2D eigenvalue weighted by Gasteiger charge is 2.32. The van der Waals surface area contributed by atoms with Crippen LogP contribution in [0.1, 0.15) is 61.9 Å². The lowest BCUT2D eigenvalue weighted by molar-refractivity contribution is 0.0706. The fourth-order valence-electron chi connectivity index (χ4n) is 4.09. The van der Waals surface area contributed by atoms with E-state index in [1.54, 1.807) is 0 Å². The van der Waals surface area contributed by atoms with Crippen molar-refractivity contribution in [3.8, 4) is 10.8 Å². The van der Waals surface area contributed by atoms with E-state index < -0.39 is 0 Å². The van der Waals surface area contributed by atoms with Gasteiger partial charge in [0.2, 0.25) is 0 Å². The first-order valence-corrected chi connectivity index (χ1v) is 9.81. The number of aromatic nitrogens is 4. The minimum absolute atomic E-state index is 0.0790. The second kappa shape index (κ2) is 7.01. The highest BCUT2D eigenvalue weighted by atomic mass is 32.1. The Balaban J connectivity index is 1.44. The smallest absolute Gasteiger partial charge is 0.273 e. The van der Waals surface area contributed by atoms with Gasteiger partial charge in [0, 0.05) is 18.0 Å². The summed E-state index contributed by atoms with van der Waals surface area (Å²) in [5.74, 6) is 1.51. The summed E-state index contributed by atoms with van der Waals surface area (Å²) in [5.41, 5.74) is 0.543. The zero-order chi connectivity index (χ0) is 16.4. The fraction of sp³-hybridized carbons (Fsp3) is 0.647. The van der Waals surface area contributed by atoms with Gasteiger partial charge in [0.1, 0.15) is 12.0 Å². The molecule has 6 nitrogen and oxygen atoms in total. The molecule has 128 valence electrons. The van der Waals surface area contributed by atoms with Crippen LogP contribution in [0.15, 0.2) is 11.7 Å². The summed E-state index contributed by atoms with van der Waals surface area (Å²) in [6, 6.07) is 0.399. The van der Waals surface area contributed by atoms with Crippen LogP contribution in [-0.4, -0.2) is 43.6 Å². The van der Waals surface area contributed by atoms with E-state index in [1.807, 2.05) is 5.38 Å². The highest BCUT2D eigenvalue weighted by molar-refractivity contribution is 7.13. The lowest BCUT2D eigenvalue weighted by Gasteiger charge is -2.29. The Morgan fingerprint density at radius 2 is 2.12 bits per heavy atom. The molecular weight excluding hydrogens is 322 g/mol. The van der Waals surface area contributed by atoms with Crippen molar-refractivity contribution in [2.24, 2.45) is 5.92 Å². The maximum absolute atomic E-state index is 12.9. The molecule has 1 N–H and O–H groups in total. The first kappa shape index (κ1) is 15.7. The van der Waals surface area contributed by atoms with E-state index in [0.717, 1.165) is 30.3 Å². The molecule has 2 fully saturated rings. The Morgan fingerprint density at radius 3 is 2.92 bits per heavy atom. The summed E-state index contributed by atoms with van der Waals surface area (Å²) in [6.45, 7) is 0.866. The van der Waals surface area contributed by atoms with Gasteiger partial charge in [-0.15, -0.1) is 11.3 Å². The van der Waals surface area contributed by atoms with Crippen molar-refractivity contribution in [3.05, 3.63) is 17.4 Å². The van der Waals surface area contributed by atoms with Crippen LogP contribution < -0.4 is 0 Å². The summed E-state index contributed by atoms with van der Waals surface area (Å²) >= 11 is 1.44. The van der Waals surface area contributed by atoms with E-state index in [-0.39, 0.29) is 5.91 Å². The zero-order valence-corrected chi connectivity index (χ0v) is 14.6. The predicted molar refractivity (Wildman–Crippen MR) is 92.7 cm³/mol. The molecule has 2 aromatic heterocycles. The second-order valence-corrected chi connectivity index (χ2v) is 7.76. The molecule has 1 saturated heterocycles. The molecule has 0 radical (unpaired) electrons. The van der Waals surface area contributed by atoms with Crippen LogP contribution >= 0.6 is 11.3 Å². The van der Waals surface area contributed by atoms with E-state index in [9.17, 15) is 4.79 Å². The summed E-state index contributed by atoms with van der Waals surface area (Å²) in [6.07, 6.45) is 11.7. The Hall–Kier alpha value is -1.76. The van der Waals surface area contributed by atoms with Crippen molar-refractivity contribution in [2.75, 3.05) is 6.54 Å². The van der Waals surface area contributed by atoms with Gasteiger partial charge in [-0.1, -0.05) is 32.1 Å². The molecule has 0 spiro atoms. The topological polar surface area (TPSA) is 74.8 Å². The van der Waals surface area contributed by atoms with Gasteiger partial charge < -0.3 is 4.90 Å². The molecule has 4 rings (SSSR count). The number of H-pyrrole nitrogens is 1. The molecule has 0 bridgehead atoms. The molecule has 24 heavy (non-hydrogen) atoms. The minimum atomic E-state index is 0.0790. The third-order valence-corrected chi connectivity index (χ3v) is 6.16. The Bertz CT molecular complexity index is 677. The molecule has 2 aliphatic rings. The maximum atomic E-state index is 12.9. The van der Waals surface area contributed by atoms with Crippen LogP contribution in [0.3, 0.4) is 0 Å². The summed E-state index contributed by atoms with van der Waals surface area (Å²) < 4.78 is 0. The van der Waals surface area contributed by atoms with E-state index >= 15 is 0 Å². The molecule has 1 amide bonds. The van der Waals surface area contributed by atoms with E-state index in [4.69, 9.17) is 0 Å². The van der Waals surface area contributed by atoms with Crippen molar-refractivity contribution < 1.29 is 4.79 Å². The molecule has 1 atom stereocenters. The Labute approximate surface area is 145 Å². The van der Waals surface area contributed by atoms with E-state index in [2.05, 4.69) is 25.1 Å². The van der Waals surface area contributed by atoms with E-state index in [0.29, 0.717) is 17.6 Å². The monoisotopic (exact) mass is 345 g/mol. The van der Waals surface area contributed by atoms with Gasteiger partial charge in [-0.2, -0.15) is 5.10 Å². The Morgan fingerprint density at radius 1 is 1.25 bits per heavy atom. The van der Waals surface area contributed by atoms with Gasteiger partial charge in [-0.3, -0.25) is 9.89 Å². The highest BCUT2D eigenvalue weighted by Crippen LogP contribution is 2.33. The molecule has 1 aliphatic carbocycles. The standard InChI is InChI=1S/C17H23N5OS/c23-17(14-10-24-16(20-14)15-18-11-19-21-15)22-8-4-7-13(22)9-12-5-2-1-3-6-12/h10-13H,1-9H2,(H,18,19,21)/t13-/m0/s1. The molecule has 7 heteroatoms. The first-order chi connectivity index (χ1) is 11.8. The van der Waals surface area contributed by atoms with Crippen LogP contribution in [0.2, 0.25) is 0 Å². The fourth-order valence-corrected chi connectivity index (χ4v) is 4.83. The number of likely N-dealkylation sites (tertiary alicyclic amines) is 1. The predicted octanol–water partition coefficient (Wildman–Crippen LogP) is 3.50. The molecule has 2 aromatic rings. The molecule has 1 saturated carbocycles. The molecule has 3 heterocycles. The second-order valence-electron chi connectivity index (χ2n) is 6.91. The van der Waals surface area contributed by atoms with Crippen molar-refractivity contribution in [2.45, 2.75) is 57.4 Å². The van der Waals surface area contributed by atoms with Crippen molar-refractivity contribution in [1.82, 2.24) is 25.1 Å². The quantitative estimate of drug-likeness (QED) is 0.920. The number of carbonyl (C=O) groups is 1. The molecule has 0 aromatic carbocycles. The number of rotatable bonds is 4. The van der Waals surface area contributed by atoms with Gasteiger partial charge in [0.15, 0.2) is 10.8 Å². The van der Waals surface area contributed by atoms with Crippen LogP contribution in [0.5, 0.6) is 0 Å². The van der Waals surface area contributed by atoms with Crippen LogP contribution in [-0.2, 0) is 0 Å². The number of hydrogen-bond donors (Lipinski definition) is 1. The molecular formula is C17H23N5OS. The number of thiazole rings is 1.